The molecule has 13 heteroatoms. The van der Waals surface area contributed by atoms with Crippen LogP contribution in [0.15, 0.2) is 75.5 Å². The number of sulfonamides is 1. The Morgan fingerprint density at radius 2 is 1.77 bits per heavy atom. The van der Waals surface area contributed by atoms with Crippen LogP contribution in [0.25, 0.3) is 5.76 Å². The summed E-state index contributed by atoms with van der Waals surface area (Å²) in [6.45, 7) is 6.27. The van der Waals surface area contributed by atoms with Gasteiger partial charge in [-0.3, -0.25) is 19.5 Å². The predicted octanol–water partition coefficient (Wildman–Crippen LogP) is 5.38. The maximum absolute atomic E-state index is 14.1. The Bertz CT molecular complexity index is 1830. The van der Waals surface area contributed by atoms with Gasteiger partial charge in [0.05, 0.1) is 16.8 Å². The van der Waals surface area contributed by atoms with Crippen LogP contribution in [0.1, 0.15) is 60.3 Å². The smallest absolute Gasteiger partial charge is 0.252 e. The number of phenolic OH excluding ortho intramolecular Hbond substituents is 1. The van der Waals surface area contributed by atoms with Gasteiger partial charge in [0.1, 0.15) is 28.8 Å². The molecule has 5 N–H and O–H groups in total. The number of fused-ring (bicyclic) bond motifs is 2. The molecule has 0 radical (unpaired) electrons. The van der Waals surface area contributed by atoms with Gasteiger partial charge in [-0.2, -0.15) is 9.46 Å². The molecule has 0 spiro atoms. The number of benzene rings is 3. The molecule has 1 amide bonds. The van der Waals surface area contributed by atoms with Gasteiger partial charge in [0.25, 0.3) is 5.91 Å². The van der Waals surface area contributed by atoms with Crippen LogP contribution in [0, 0.1) is 5.41 Å². The van der Waals surface area contributed by atoms with Gasteiger partial charge in [0, 0.05) is 29.1 Å². The molecular formula is C31H32N4O7S2. The van der Waals surface area contributed by atoms with Crippen molar-refractivity contribution in [2.75, 3.05) is 16.0 Å². The number of amides is 1. The number of Topliss-reactive ketones (excluding diaryl/α,β-unsaturated/α-hetero) is 1. The molecule has 1 atom stereocenters. The summed E-state index contributed by atoms with van der Waals surface area (Å²) < 4.78 is 30.0. The van der Waals surface area contributed by atoms with Crippen molar-refractivity contribution in [3.05, 3.63) is 88.5 Å². The fraction of sp³-hybridized carbons (Fsp3) is 0.258. The van der Waals surface area contributed by atoms with E-state index >= 15 is 0 Å². The first-order chi connectivity index (χ1) is 20.6. The molecule has 1 unspecified atom stereocenters. The summed E-state index contributed by atoms with van der Waals surface area (Å²) in [5.74, 6) is -2.51. The van der Waals surface area contributed by atoms with Crippen molar-refractivity contribution in [3.63, 3.8) is 0 Å². The summed E-state index contributed by atoms with van der Waals surface area (Å²) >= 11 is 0.770. The Hall–Kier alpha value is -4.33. The van der Waals surface area contributed by atoms with E-state index in [1.807, 2.05) is 6.07 Å². The van der Waals surface area contributed by atoms with E-state index in [2.05, 4.69) is 35.2 Å². The molecule has 3 aromatic carbocycles. The molecule has 5 rings (SSSR count). The average molecular weight is 637 g/mol. The number of amidine groups is 1. The number of aliphatic hydroxyl groups is 1. The predicted molar refractivity (Wildman–Crippen MR) is 170 cm³/mol. The van der Waals surface area contributed by atoms with Gasteiger partial charge in [-0.1, -0.05) is 57.2 Å². The zero-order chi connectivity index (χ0) is 32.0. The number of hydrogen-bond donors (Lipinski definition) is 5. The summed E-state index contributed by atoms with van der Waals surface area (Å²) in [4.78, 5) is 27.6. The van der Waals surface area contributed by atoms with E-state index in [1.54, 1.807) is 42.5 Å². The molecule has 0 saturated carbocycles. The molecule has 1 heterocycles. The highest BCUT2D eigenvalue weighted by atomic mass is 32.2. The number of aromatic hydroxyl groups is 1. The highest BCUT2D eigenvalue weighted by Crippen LogP contribution is 2.46. The lowest BCUT2D eigenvalue weighted by Crippen LogP contribution is -2.42. The molecule has 0 saturated heterocycles. The maximum atomic E-state index is 14.1. The van der Waals surface area contributed by atoms with Gasteiger partial charge < -0.3 is 15.5 Å². The minimum atomic E-state index is -3.66. The fourth-order valence-corrected chi connectivity index (χ4v) is 6.45. The number of aryl methyl sites for hydroxylation is 1. The fourth-order valence-electron chi connectivity index (χ4n) is 5.10. The highest BCUT2D eigenvalue weighted by molar-refractivity contribution is 7.98. The van der Waals surface area contributed by atoms with Crippen LogP contribution in [0.4, 0.5) is 11.4 Å². The van der Waals surface area contributed by atoms with Gasteiger partial charge in [-0.05, 0) is 47.6 Å². The van der Waals surface area contributed by atoms with Crippen LogP contribution >= 0.6 is 11.9 Å². The lowest BCUT2D eigenvalue weighted by molar-refractivity contribution is -0.117. The van der Waals surface area contributed by atoms with Crippen LogP contribution in [0.5, 0.6) is 5.75 Å². The van der Waals surface area contributed by atoms with Crippen LogP contribution in [-0.2, 0) is 21.2 Å². The third kappa shape index (κ3) is 6.30. The van der Waals surface area contributed by atoms with Crippen molar-refractivity contribution in [1.29, 1.82) is 0 Å². The summed E-state index contributed by atoms with van der Waals surface area (Å²) in [6.07, 6.45) is 2.27. The Morgan fingerprint density at radius 3 is 2.43 bits per heavy atom. The lowest BCUT2D eigenvalue weighted by atomic mass is 9.80. The van der Waals surface area contributed by atoms with E-state index in [0.29, 0.717) is 28.2 Å². The monoisotopic (exact) mass is 636 g/mol. The Balaban J connectivity index is 1.62. The van der Waals surface area contributed by atoms with Crippen LogP contribution in [0.3, 0.4) is 0 Å². The van der Waals surface area contributed by atoms with E-state index < -0.39 is 39.3 Å². The average Bonchev–Trinajstić information content (AvgIpc) is 2.94. The quantitative estimate of drug-likeness (QED) is 0.214. The van der Waals surface area contributed by atoms with Crippen LogP contribution in [-0.4, -0.2) is 47.6 Å². The van der Waals surface area contributed by atoms with E-state index in [9.17, 15) is 33.4 Å². The Labute approximate surface area is 259 Å². The lowest BCUT2D eigenvalue weighted by Gasteiger charge is -2.32. The number of anilines is 2. The van der Waals surface area contributed by atoms with Gasteiger partial charge in [0.15, 0.2) is 11.6 Å². The van der Waals surface area contributed by atoms with Crippen molar-refractivity contribution >= 4 is 56.6 Å². The van der Waals surface area contributed by atoms with Crippen molar-refractivity contribution in [1.82, 2.24) is 5.32 Å². The van der Waals surface area contributed by atoms with E-state index in [-0.39, 0.29) is 33.1 Å². The number of aliphatic hydroxyl groups excluding tert-OH is 1. The van der Waals surface area contributed by atoms with Crippen molar-refractivity contribution in [3.8, 4) is 5.75 Å². The van der Waals surface area contributed by atoms with Gasteiger partial charge in [-0.15, -0.1) is 0 Å². The molecule has 1 aliphatic carbocycles. The van der Waals surface area contributed by atoms with Crippen LogP contribution < -0.4 is 15.1 Å². The van der Waals surface area contributed by atoms with Crippen molar-refractivity contribution in [2.24, 2.45) is 9.81 Å². The van der Waals surface area contributed by atoms with Gasteiger partial charge in [-0.25, -0.2) is 8.42 Å². The van der Waals surface area contributed by atoms with Crippen LogP contribution in [0.2, 0.25) is 0 Å². The summed E-state index contributed by atoms with van der Waals surface area (Å²) in [6, 6.07) is 14.9. The third-order valence-electron chi connectivity index (χ3n) is 7.16. The first-order valence-corrected chi connectivity index (χ1v) is 16.4. The first-order valence-electron chi connectivity index (χ1n) is 13.7. The van der Waals surface area contributed by atoms with Gasteiger partial charge >= 0.3 is 0 Å². The number of phenols is 1. The largest absolute Gasteiger partial charge is 0.506 e. The normalized spacial score (nSPS) is 16.7. The topological polar surface area (TPSA) is 169 Å². The number of hydrogen-bond acceptors (Lipinski definition) is 10. The maximum Gasteiger partial charge on any atom is 0.252 e. The molecule has 11 nitrogen and oxygen atoms in total. The zero-order valence-electron chi connectivity index (χ0n) is 24.5. The number of nitrogens with one attached hydrogen (secondary N) is 2. The third-order valence-corrected chi connectivity index (χ3v) is 8.54. The molecule has 3 aromatic rings. The summed E-state index contributed by atoms with van der Waals surface area (Å²) in [5, 5.41) is 37.0. The number of nitrogens with zero attached hydrogens (tertiary/aromatic N) is 2. The SMILES string of the molecule is CC(C)(C)CCc1cccc2c1C(O)=C(C1=NSc3cc(NS(C)(=O)=O)cc(O)c3N1O)C(=O)C2NC(=O)c1ccccc1. The standard InChI is InChI=1S/C31H32N4O7S2/c1-31(2,3)14-13-17-11-8-12-20-23(17)27(37)24(28(38)25(20)32-30(39)18-9-6-5-7-10-18)29-33-43-22-16-19(34-44(4,41)42)15-21(36)26(22)35(29)40/h5-12,15-16,25,34,36-37,40H,13-14H2,1-4H3,(H,32,39). The van der Waals surface area contributed by atoms with Crippen molar-refractivity contribution < 1.29 is 33.4 Å². The molecule has 1 aliphatic heterocycles. The molecule has 0 bridgehead atoms. The Morgan fingerprint density at radius 1 is 1.07 bits per heavy atom. The van der Waals surface area contributed by atoms with Gasteiger partial charge in [0.2, 0.25) is 10.0 Å². The summed E-state index contributed by atoms with van der Waals surface area (Å²) in [5.41, 5.74) is 1.33. The number of carbonyl (C=O) groups excluding carboxylic acids is 2. The number of rotatable bonds is 7. The second-order valence-corrected chi connectivity index (χ2v) is 14.4. The minimum Gasteiger partial charge on any atom is -0.506 e. The molecule has 230 valence electrons. The number of hydroxylamine groups is 1. The van der Waals surface area contributed by atoms with E-state index in [0.717, 1.165) is 36.3 Å². The highest BCUT2D eigenvalue weighted by Gasteiger charge is 2.42. The zero-order valence-corrected chi connectivity index (χ0v) is 26.1. The molecule has 44 heavy (non-hydrogen) atoms. The molecule has 2 aliphatic rings. The number of ketones is 1. The molecule has 0 fully saturated rings. The Kier molecular flexibility index (Phi) is 8.23. The number of carbonyl (C=O) groups is 2. The van der Waals surface area contributed by atoms with E-state index in [4.69, 9.17) is 0 Å². The van der Waals surface area contributed by atoms with Crippen molar-refractivity contribution in [2.45, 2.75) is 44.6 Å². The second-order valence-electron chi connectivity index (χ2n) is 11.8. The summed E-state index contributed by atoms with van der Waals surface area (Å²) in [7, 11) is -3.66. The molecule has 0 aromatic heterocycles. The van der Waals surface area contributed by atoms with E-state index in [1.165, 1.54) is 6.07 Å². The molecular weight excluding hydrogens is 604 g/mol. The first kappa shape index (κ1) is 31.1. The minimum absolute atomic E-state index is 0.0334. The second kappa shape index (κ2) is 11.6.